The van der Waals surface area contributed by atoms with Gasteiger partial charge in [0.1, 0.15) is 5.82 Å². The maximum absolute atomic E-state index is 6.00. The lowest BCUT2D eigenvalue weighted by Crippen LogP contribution is -2.32. The quantitative estimate of drug-likeness (QED) is 0.858. The van der Waals surface area contributed by atoms with Crippen LogP contribution in [-0.2, 0) is 6.42 Å². The van der Waals surface area contributed by atoms with Gasteiger partial charge in [-0.1, -0.05) is 0 Å². The van der Waals surface area contributed by atoms with E-state index in [9.17, 15) is 0 Å². The summed E-state index contributed by atoms with van der Waals surface area (Å²) < 4.78 is 0. The van der Waals surface area contributed by atoms with Crippen molar-refractivity contribution in [2.45, 2.75) is 51.0 Å². The van der Waals surface area contributed by atoms with Gasteiger partial charge in [-0.05, 0) is 53.2 Å². The number of nitrogens with zero attached hydrogens (tertiary/aromatic N) is 2. The molecule has 4 nitrogen and oxygen atoms in total. The zero-order valence-corrected chi connectivity index (χ0v) is 11.9. The van der Waals surface area contributed by atoms with Gasteiger partial charge < -0.3 is 15.6 Å². The van der Waals surface area contributed by atoms with Crippen molar-refractivity contribution in [3.63, 3.8) is 0 Å². The van der Waals surface area contributed by atoms with E-state index in [4.69, 9.17) is 5.73 Å². The van der Waals surface area contributed by atoms with Crippen LogP contribution in [0.25, 0.3) is 0 Å². The molecule has 0 saturated carbocycles. The molecular weight excluding hydrogens is 224 g/mol. The largest absolute Gasteiger partial charge is 0.346 e. The summed E-state index contributed by atoms with van der Waals surface area (Å²) in [6.45, 7) is 6.51. The summed E-state index contributed by atoms with van der Waals surface area (Å²) in [5.41, 5.74) is 7.20. The van der Waals surface area contributed by atoms with Crippen molar-refractivity contribution in [3.05, 3.63) is 17.7 Å². The molecule has 102 valence electrons. The topological polar surface area (TPSA) is 57.9 Å². The molecule has 1 fully saturated rings. The van der Waals surface area contributed by atoms with Gasteiger partial charge in [-0.2, -0.15) is 0 Å². The number of aryl methyl sites for hydroxylation is 1. The van der Waals surface area contributed by atoms with Crippen LogP contribution in [0.15, 0.2) is 6.20 Å². The Labute approximate surface area is 110 Å². The first-order valence-corrected chi connectivity index (χ1v) is 6.95. The van der Waals surface area contributed by atoms with E-state index < -0.39 is 0 Å². The van der Waals surface area contributed by atoms with Gasteiger partial charge in [0.25, 0.3) is 0 Å². The Balaban J connectivity index is 1.90. The summed E-state index contributed by atoms with van der Waals surface area (Å²) in [4.78, 5) is 10.4. The summed E-state index contributed by atoms with van der Waals surface area (Å²) in [6, 6.07) is 0. The molecule has 4 heteroatoms. The van der Waals surface area contributed by atoms with Gasteiger partial charge in [-0.15, -0.1) is 0 Å². The lowest BCUT2D eigenvalue weighted by Gasteiger charge is -2.28. The average Bonchev–Trinajstić information content (AvgIpc) is 2.75. The zero-order chi connectivity index (χ0) is 13.2. The molecule has 0 radical (unpaired) electrons. The lowest BCUT2D eigenvalue weighted by molar-refractivity contribution is 0.253. The van der Waals surface area contributed by atoms with Crippen LogP contribution in [-0.4, -0.2) is 40.5 Å². The highest BCUT2D eigenvalue weighted by Crippen LogP contribution is 2.26. The Bertz CT molecular complexity index is 369. The monoisotopic (exact) mass is 250 g/mol. The molecule has 0 unspecified atom stereocenters. The van der Waals surface area contributed by atoms with Crippen molar-refractivity contribution in [1.29, 1.82) is 0 Å². The fraction of sp³-hybridized carbons (Fsp3) is 0.786. The van der Waals surface area contributed by atoms with Gasteiger partial charge in [-0.3, -0.25) is 0 Å². The fourth-order valence-corrected chi connectivity index (χ4v) is 2.47. The molecule has 0 bridgehead atoms. The van der Waals surface area contributed by atoms with Gasteiger partial charge >= 0.3 is 0 Å². The number of aromatic amines is 1. The second kappa shape index (κ2) is 5.41. The summed E-state index contributed by atoms with van der Waals surface area (Å²) in [6.07, 6.45) is 6.40. The molecule has 18 heavy (non-hydrogen) atoms. The van der Waals surface area contributed by atoms with E-state index in [1.165, 1.54) is 31.6 Å². The first-order chi connectivity index (χ1) is 8.44. The predicted molar refractivity (Wildman–Crippen MR) is 74.6 cm³/mol. The van der Waals surface area contributed by atoms with Gasteiger partial charge in [0.05, 0.1) is 0 Å². The summed E-state index contributed by atoms with van der Waals surface area (Å²) in [5, 5.41) is 0. The first kappa shape index (κ1) is 13.6. The number of H-pyrrole nitrogens is 1. The van der Waals surface area contributed by atoms with Crippen molar-refractivity contribution in [2.75, 3.05) is 20.1 Å². The molecule has 1 aromatic rings. The molecule has 3 N–H and O–H groups in total. The Morgan fingerprint density at radius 3 is 2.72 bits per heavy atom. The van der Waals surface area contributed by atoms with Crippen LogP contribution >= 0.6 is 0 Å². The van der Waals surface area contributed by atoms with Crippen LogP contribution < -0.4 is 5.73 Å². The van der Waals surface area contributed by atoms with Crippen molar-refractivity contribution in [1.82, 2.24) is 14.9 Å². The second-order valence-electron chi connectivity index (χ2n) is 6.35. The molecule has 1 saturated heterocycles. The zero-order valence-electron chi connectivity index (χ0n) is 11.9. The van der Waals surface area contributed by atoms with Crippen molar-refractivity contribution >= 4 is 0 Å². The van der Waals surface area contributed by atoms with Crippen LogP contribution in [0.1, 0.15) is 50.5 Å². The third kappa shape index (κ3) is 3.82. The van der Waals surface area contributed by atoms with E-state index in [0.29, 0.717) is 5.92 Å². The maximum Gasteiger partial charge on any atom is 0.106 e. The number of piperidine rings is 1. The normalized spacial score (nSPS) is 19.3. The van der Waals surface area contributed by atoms with Crippen LogP contribution in [0.2, 0.25) is 0 Å². The maximum atomic E-state index is 6.00. The van der Waals surface area contributed by atoms with Gasteiger partial charge in [0.15, 0.2) is 0 Å². The van der Waals surface area contributed by atoms with E-state index in [1.54, 1.807) is 0 Å². The number of hydrogen-bond donors (Lipinski definition) is 2. The number of aromatic nitrogens is 2. The van der Waals surface area contributed by atoms with E-state index in [1.807, 2.05) is 6.20 Å². The molecule has 0 aromatic carbocycles. The molecule has 1 aliphatic heterocycles. The van der Waals surface area contributed by atoms with Gasteiger partial charge in [0, 0.05) is 29.8 Å². The van der Waals surface area contributed by atoms with E-state index in [-0.39, 0.29) is 5.54 Å². The van der Waals surface area contributed by atoms with Crippen LogP contribution in [0.4, 0.5) is 0 Å². The molecule has 1 aromatic heterocycles. The average molecular weight is 250 g/mol. The molecule has 0 spiro atoms. The molecule has 2 rings (SSSR count). The number of likely N-dealkylation sites (tertiary alicyclic amines) is 1. The summed E-state index contributed by atoms with van der Waals surface area (Å²) in [7, 11) is 2.19. The minimum Gasteiger partial charge on any atom is -0.346 e. The molecule has 0 atom stereocenters. The highest BCUT2D eigenvalue weighted by Gasteiger charge is 2.20. The second-order valence-corrected chi connectivity index (χ2v) is 6.35. The minimum absolute atomic E-state index is 0.111. The highest BCUT2D eigenvalue weighted by molar-refractivity contribution is 5.09. The van der Waals surface area contributed by atoms with Crippen LogP contribution in [0.5, 0.6) is 0 Å². The molecule has 1 aliphatic rings. The highest BCUT2D eigenvalue weighted by atomic mass is 15.1. The van der Waals surface area contributed by atoms with E-state index in [2.05, 4.69) is 35.8 Å². The predicted octanol–water partition coefficient (Wildman–Crippen LogP) is 1.89. The SMILES string of the molecule is CN1CCC(c2cnc(CCC(C)(C)N)[nH]2)CC1. The Kier molecular flexibility index (Phi) is 4.07. The van der Waals surface area contributed by atoms with Crippen molar-refractivity contribution < 1.29 is 0 Å². The molecule has 0 amide bonds. The van der Waals surface area contributed by atoms with Gasteiger partial charge in [0.2, 0.25) is 0 Å². The smallest absolute Gasteiger partial charge is 0.106 e. The fourth-order valence-electron chi connectivity index (χ4n) is 2.47. The lowest BCUT2D eigenvalue weighted by atomic mass is 9.94. The van der Waals surface area contributed by atoms with Crippen molar-refractivity contribution in [3.8, 4) is 0 Å². The Hall–Kier alpha value is -0.870. The molecule has 2 heterocycles. The van der Waals surface area contributed by atoms with E-state index in [0.717, 1.165) is 18.7 Å². The van der Waals surface area contributed by atoms with E-state index >= 15 is 0 Å². The van der Waals surface area contributed by atoms with Crippen LogP contribution in [0, 0.1) is 0 Å². The molecular formula is C14H26N4. The Morgan fingerprint density at radius 2 is 2.11 bits per heavy atom. The first-order valence-electron chi connectivity index (χ1n) is 6.95. The number of hydrogen-bond acceptors (Lipinski definition) is 3. The third-order valence-corrected chi connectivity index (χ3v) is 3.81. The standard InChI is InChI=1S/C14H26N4/c1-14(2,15)7-4-13-16-10-12(17-13)11-5-8-18(3)9-6-11/h10-11H,4-9,15H2,1-3H3,(H,16,17). The number of imidazole rings is 1. The van der Waals surface area contributed by atoms with Crippen LogP contribution in [0.3, 0.4) is 0 Å². The molecule has 0 aliphatic carbocycles. The summed E-state index contributed by atoms with van der Waals surface area (Å²) >= 11 is 0. The summed E-state index contributed by atoms with van der Waals surface area (Å²) in [5.74, 6) is 1.75. The van der Waals surface area contributed by atoms with Crippen molar-refractivity contribution in [2.24, 2.45) is 5.73 Å². The Morgan fingerprint density at radius 1 is 1.44 bits per heavy atom. The van der Waals surface area contributed by atoms with Gasteiger partial charge in [-0.25, -0.2) is 4.98 Å². The minimum atomic E-state index is -0.111. The number of rotatable bonds is 4. The number of nitrogens with one attached hydrogen (secondary N) is 1. The third-order valence-electron chi connectivity index (χ3n) is 3.81. The number of nitrogens with two attached hydrogens (primary N) is 1.